The monoisotopic (exact) mass is 659 g/mol. The minimum atomic E-state index is -0.804. The van der Waals surface area contributed by atoms with Gasteiger partial charge in [0, 0.05) is 12.8 Å². The molecular formula is C41H70O6. The standard InChI is InChI=1S/C41H70O6/c1-3-5-7-8-9-10-11-12-13-14-19-22-25-28-31-35-41(45)47-39(36-42)37-46-40(44)34-30-27-24-21-18-16-15-17-20-23-26-29-33-38(43)32-6-4-2/h6,15-16,20-21,23-24,26,29,32,38-39,42-43H,3-5,7-14,17-19,22,25,27-28,30-31,33-37H2,1-2H3/b16-15-,23-20-,24-21-,29-26+,32-6-/t38?,39-/m0/s1. The number of esters is 2. The summed E-state index contributed by atoms with van der Waals surface area (Å²) >= 11 is 0. The van der Waals surface area contributed by atoms with Crippen LogP contribution in [0, 0.1) is 0 Å². The molecule has 0 saturated heterocycles. The van der Waals surface area contributed by atoms with Crippen LogP contribution in [0.1, 0.15) is 162 Å². The zero-order valence-corrected chi connectivity index (χ0v) is 30.1. The zero-order chi connectivity index (χ0) is 34.5. The van der Waals surface area contributed by atoms with E-state index in [1.54, 1.807) is 0 Å². The van der Waals surface area contributed by atoms with Gasteiger partial charge in [0.1, 0.15) is 6.61 Å². The summed E-state index contributed by atoms with van der Waals surface area (Å²) in [6.07, 6.45) is 43.4. The fourth-order valence-corrected chi connectivity index (χ4v) is 5.02. The van der Waals surface area contributed by atoms with Gasteiger partial charge in [-0.3, -0.25) is 9.59 Å². The van der Waals surface area contributed by atoms with Crippen LogP contribution in [0.15, 0.2) is 60.8 Å². The lowest BCUT2D eigenvalue weighted by molar-refractivity contribution is -0.161. The van der Waals surface area contributed by atoms with Crippen LogP contribution in [0.5, 0.6) is 0 Å². The van der Waals surface area contributed by atoms with Gasteiger partial charge in [-0.15, -0.1) is 0 Å². The first-order valence-corrected chi connectivity index (χ1v) is 19.0. The van der Waals surface area contributed by atoms with Crippen LogP contribution in [0.3, 0.4) is 0 Å². The second kappa shape index (κ2) is 36.4. The van der Waals surface area contributed by atoms with E-state index in [-0.39, 0.29) is 31.6 Å². The summed E-state index contributed by atoms with van der Waals surface area (Å²) in [5, 5.41) is 19.2. The Morgan fingerprint density at radius 2 is 1.15 bits per heavy atom. The van der Waals surface area contributed by atoms with Crippen molar-refractivity contribution < 1.29 is 29.3 Å². The van der Waals surface area contributed by atoms with Crippen molar-refractivity contribution in [2.75, 3.05) is 13.2 Å². The first-order valence-electron chi connectivity index (χ1n) is 19.0. The van der Waals surface area contributed by atoms with E-state index in [1.165, 1.54) is 77.0 Å². The van der Waals surface area contributed by atoms with Crippen molar-refractivity contribution in [2.45, 2.75) is 174 Å². The minimum absolute atomic E-state index is 0.108. The number of unbranched alkanes of at least 4 members (excludes halogenated alkanes) is 15. The van der Waals surface area contributed by atoms with Crippen molar-refractivity contribution in [1.29, 1.82) is 0 Å². The molecule has 47 heavy (non-hydrogen) atoms. The maximum Gasteiger partial charge on any atom is 0.306 e. The maximum absolute atomic E-state index is 12.1. The second-order valence-electron chi connectivity index (χ2n) is 12.5. The number of hydrogen-bond donors (Lipinski definition) is 2. The molecule has 0 aliphatic heterocycles. The van der Waals surface area contributed by atoms with Gasteiger partial charge >= 0.3 is 11.9 Å². The quantitative estimate of drug-likeness (QED) is 0.0315. The summed E-state index contributed by atoms with van der Waals surface area (Å²) in [6, 6.07) is 0. The fourth-order valence-electron chi connectivity index (χ4n) is 5.02. The molecule has 0 aromatic carbocycles. The normalized spacial score (nSPS) is 13.5. The van der Waals surface area contributed by atoms with Crippen LogP contribution >= 0.6 is 0 Å². The van der Waals surface area contributed by atoms with Crippen molar-refractivity contribution in [3.63, 3.8) is 0 Å². The van der Waals surface area contributed by atoms with Crippen LogP contribution in [-0.4, -0.2) is 47.6 Å². The first kappa shape index (κ1) is 44.6. The van der Waals surface area contributed by atoms with E-state index in [9.17, 15) is 19.8 Å². The van der Waals surface area contributed by atoms with E-state index < -0.39 is 12.2 Å². The Balaban J connectivity index is 3.71. The van der Waals surface area contributed by atoms with E-state index in [2.05, 4.69) is 37.3 Å². The van der Waals surface area contributed by atoms with Crippen molar-refractivity contribution >= 4 is 11.9 Å². The molecule has 1 unspecified atom stereocenters. The molecule has 2 atom stereocenters. The van der Waals surface area contributed by atoms with Gasteiger partial charge in [0.15, 0.2) is 6.10 Å². The Morgan fingerprint density at radius 1 is 0.617 bits per heavy atom. The van der Waals surface area contributed by atoms with Gasteiger partial charge in [-0.05, 0) is 44.9 Å². The largest absolute Gasteiger partial charge is 0.462 e. The Bertz CT molecular complexity index is 856. The molecule has 2 N–H and O–H groups in total. The molecule has 0 rings (SSSR count). The summed E-state index contributed by atoms with van der Waals surface area (Å²) in [5.41, 5.74) is 0. The molecular weight excluding hydrogens is 588 g/mol. The molecule has 0 aromatic heterocycles. The fraction of sp³-hybridized carbons (Fsp3) is 0.707. The van der Waals surface area contributed by atoms with E-state index >= 15 is 0 Å². The summed E-state index contributed by atoms with van der Waals surface area (Å²) in [7, 11) is 0. The van der Waals surface area contributed by atoms with Crippen molar-refractivity contribution in [2.24, 2.45) is 0 Å². The van der Waals surface area contributed by atoms with Gasteiger partial charge in [-0.2, -0.15) is 0 Å². The van der Waals surface area contributed by atoms with Crippen LogP contribution in [0.2, 0.25) is 0 Å². The molecule has 6 heteroatoms. The molecule has 0 radical (unpaired) electrons. The average Bonchev–Trinajstić information content (AvgIpc) is 3.07. The Kier molecular flexibility index (Phi) is 34.5. The van der Waals surface area contributed by atoms with Gasteiger partial charge in [-0.1, -0.05) is 164 Å². The number of aliphatic hydroxyl groups is 2. The van der Waals surface area contributed by atoms with Gasteiger partial charge in [0.05, 0.1) is 12.7 Å². The molecule has 6 nitrogen and oxygen atoms in total. The van der Waals surface area contributed by atoms with Gasteiger partial charge in [0.25, 0.3) is 0 Å². The number of hydrogen-bond acceptors (Lipinski definition) is 6. The average molecular weight is 659 g/mol. The molecule has 0 spiro atoms. The van der Waals surface area contributed by atoms with Crippen LogP contribution in [0.25, 0.3) is 0 Å². The first-order chi connectivity index (χ1) is 23.0. The number of aliphatic hydroxyl groups excluding tert-OH is 2. The van der Waals surface area contributed by atoms with Crippen LogP contribution < -0.4 is 0 Å². The van der Waals surface area contributed by atoms with Gasteiger partial charge in [0.2, 0.25) is 0 Å². The Morgan fingerprint density at radius 3 is 1.74 bits per heavy atom. The van der Waals surface area contributed by atoms with Crippen molar-refractivity contribution in [3.05, 3.63) is 60.8 Å². The van der Waals surface area contributed by atoms with Gasteiger partial charge < -0.3 is 19.7 Å². The van der Waals surface area contributed by atoms with E-state index in [1.807, 2.05) is 37.3 Å². The predicted molar refractivity (Wildman–Crippen MR) is 197 cm³/mol. The number of allylic oxidation sites excluding steroid dienone is 8. The van der Waals surface area contributed by atoms with Crippen molar-refractivity contribution in [3.8, 4) is 0 Å². The molecule has 0 fully saturated rings. The SMILES string of the molecule is CC/C=C\C(O)C/C=C/C=C\C/C=C\C/C=C\CCCC(=O)OC[C@H](CO)OC(=O)CCCCCCCCCCCCCCCCC. The summed E-state index contributed by atoms with van der Waals surface area (Å²) in [5.74, 6) is -0.684. The third kappa shape index (κ3) is 34.7. The number of rotatable bonds is 33. The molecule has 0 heterocycles. The minimum Gasteiger partial charge on any atom is -0.462 e. The van der Waals surface area contributed by atoms with Crippen LogP contribution in [-0.2, 0) is 19.1 Å². The third-order valence-electron chi connectivity index (χ3n) is 7.90. The highest BCUT2D eigenvalue weighted by Crippen LogP contribution is 2.14. The zero-order valence-electron chi connectivity index (χ0n) is 30.1. The van der Waals surface area contributed by atoms with E-state index in [4.69, 9.17) is 9.47 Å². The summed E-state index contributed by atoms with van der Waals surface area (Å²) in [4.78, 5) is 24.2. The van der Waals surface area contributed by atoms with Crippen molar-refractivity contribution in [1.82, 2.24) is 0 Å². The maximum atomic E-state index is 12.1. The summed E-state index contributed by atoms with van der Waals surface area (Å²) in [6.45, 7) is 3.84. The molecule has 0 aromatic rings. The number of carbonyl (C=O) groups excluding carboxylic acids is 2. The number of ether oxygens (including phenoxy) is 2. The smallest absolute Gasteiger partial charge is 0.306 e. The molecule has 270 valence electrons. The predicted octanol–water partition coefficient (Wildman–Crippen LogP) is 10.6. The highest BCUT2D eigenvalue weighted by molar-refractivity contribution is 5.70. The molecule has 0 bridgehead atoms. The summed E-state index contributed by atoms with van der Waals surface area (Å²) < 4.78 is 10.5. The lowest BCUT2D eigenvalue weighted by Gasteiger charge is -2.15. The highest BCUT2D eigenvalue weighted by atomic mass is 16.6. The second-order valence-corrected chi connectivity index (χ2v) is 12.5. The molecule has 0 aliphatic rings. The van der Waals surface area contributed by atoms with Gasteiger partial charge in [-0.25, -0.2) is 0 Å². The Hall–Kier alpha value is -2.44. The highest BCUT2D eigenvalue weighted by Gasteiger charge is 2.16. The third-order valence-corrected chi connectivity index (χ3v) is 7.90. The molecule has 0 amide bonds. The molecule has 0 saturated carbocycles. The Labute approximate surface area is 288 Å². The van der Waals surface area contributed by atoms with E-state index in [0.717, 1.165) is 44.9 Å². The molecule has 0 aliphatic carbocycles. The lowest BCUT2D eigenvalue weighted by Crippen LogP contribution is -2.28. The van der Waals surface area contributed by atoms with Crippen LogP contribution in [0.4, 0.5) is 0 Å². The topological polar surface area (TPSA) is 93.1 Å². The number of carbonyl (C=O) groups is 2. The lowest BCUT2D eigenvalue weighted by atomic mass is 10.0. The van der Waals surface area contributed by atoms with E-state index in [0.29, 0.717) is 19.3 Å².